The molecule has 0 spiro atoms. The lowest BCUT2D eigenvalue weighted by Crippen LogP contribution is -2.31. The number of aromatic nitrogens is 8. The van der Waals surface area contributed by atoms with Gasteiger partial charge < -0.3 is 20.1 Å². The zero-order chi connectivity index (χ0) is 26.9. The van der Waals surface area contributed by atoms with Crippen molar-refractivity contribution in [3.05, 3.63) is 89.2 Å². The number of hydrogen-bond donors (Lipinski definition) is 3. The van der Waals surface area contributed by atoms with Gasteiger partial charge in [-0.1, -0.05) is 67.6 Å². The molecule has 4 atom stereocenters. The first-order valence-corrected chi connectivity index (χ1v) is 13.3. The second kappa shape index (κ2) is 10.7. The average Bonchev–Trinajstić information content (AvgIpc) is 3.68. The number of nitrogens with one attached hydrogen (secondary N) is 1. The summed E-state index contributed by atoms with van der Waals surface area (Å²) in [6.07, 6.45) is 0.415. The Kier molecular flexibility index (Phi) is 6.94. The summed E-state index contributed by atoms with van der Waals surface area (Å²) in [4.78, 5) is 14.8. The van der Waals surface area contributed by atoms with Crippen LogP contribution in [0.3, 0.4) is 0 Å². The molecule has 5 aromatic rings. The van der Waals surface area contributed by atoms with Crippen molar-refractivity contribution in [1.29, 1.82) is 0 Å². The molecular formula is C27H28ClN9O2. The number of rotatable bonds is 8. The van der Waals surface area contributed by atoms with Gasteiger partial charge in [-0.25, -0.2) is 4.98 Å². The highest BCUT2D eigenvalue weighted by Crippen LogP contribution is 2.39. The van der Waals surface area contributed by atoms with E-state index in [1.807, 2.05) is 43.3 Å². The molecule has 3 heterocycles. The zero-order valence-electron chi connectivity index (χ0n) is 21.2. The molecule has 3 N–H and O–H groups in total. The molecule has 1 saturated carbocycles. The van der Waals surface area contributed by atoms with Gasteiger partial charge in [-0.3, -0.25) is 0 Å². The van der Waals surface area contributed by atoms with Crippen LogP contribution in [0.1, 0.15) is 48.3 Å². The fourth-order valence-corrected chi connectivity index (χ4v) is 5.45. The van der Waals surface area contributed by atoms with Gasteiger partial charge >= 0.3 is 0 Å². The summed E-state index contributed by atoms with van der Waals surface area (Å²) in [6.45, 7) is 2.48. The van der Waals surface area contributed by atoms with Crippen LogP contribution in [0.15, 0.2) is 67.0 Å². The lowest BCUT2D eigenvalue weighted by Gasteiger charge is -2.20. The number of halogens is 1. The largest absolute Gasteiger partial charge is 0.388 e. The Morgan fingerprint density at radius 1 is 0.974 bits per heavy atom. The van der Waals surface area contributed by atoms with E-state index in [1.165, 1.54) is 15.9 Å². The number of nitrogens with zero attached hydrogens (tertiary/aromatic N) is 8. The number of fused-ring (bicyclic) bond motifs is 1. The molecule has 0 saturated heterocycles. The molecule has 3 aromatic heterocycles. The quantitative estimate of drug-likeness (QED) is 0.251. The maximum atomic E-state index is 11.0. The molecule has 0 aliphatic heterocycles. The highest BCUT2D eigenvalue weighted by molar-refractivity contribution is 6.28. The van der Waals surface area contributed by atoms with Crippen LogP contribution in [0.5, 0.6) is 0 Å². The van der Waals surface area contributed by atoms with E-state index in [0.717, 1.165) is 0 Å². The lowest BCUT2D eigenvalue weighted by atomic mass is 9.91. The Hall–Kier alpha value is -3.93. The number of imidazole rings is 1. The third kappa shape index (κ3) is 4.84. The number of tetrazole rings is 1. The summed E-state index contributed by atoms with van der Waals surface area (Å²) in [5, 5.41) is 37.7. The molecule has 0 amide bonds. The van der Waals surface area contributed by atoms with Crippen LogP contribution in [-0.2, 0) is 6.42 Å². The standard InChI is InChI=1S/C27H28ClN9O2/c1-2-21-33-35-37(34-21)20-13-19(23(38)24(20)39)36-15-30-22-25(31-27(28)32-26(22)36)29-14-18(16-9-5-3-6-10-16)17-11-7-4-8-12-17/h3-12,15,18-20,23-24,38-39H,2,13-14H2,1H3,(H,29,31,32)/t19-,20?,23+,24-/m1/s1. The van der Waals surface area contributed by atoms with E-state index in [1.54, 1.807) is 10.9 Å². The summed E-state index contributed by atoms with van der Waals surface area (Å²) < 4.78 is 1.74. The molecular weight excluding hydrogens is 518 g/mol. The molecule has 2 aromatic carbocycles. The number of benzene rings is 2. The highest BCUT2D eigenvalue weighted by atomic mass is 35.5. The first kappa shape index (κ1) is 25.4. The topological polar surface area (TPSA) is 140 Å². The van der Waals surface area contributed by atoms with E-state index in [4.69, 9.17) is 11.6 Å². The number of anilines is 1. The Morgan fingerprint density at radius 2 is 1.64 bits per heavy atom. The van der Waals surface area contributed by atoms with Gasteiger partial charge in [0.2, 0.25) is 5.28 Å². The SMILES string of the molecule is CCc1nnn(C2C[C@@H](n3cnc4c(NCC(c5ccccc5)c5ccccc5)nc(Cl)nc43)[C@H](O)[C@@H]2O)n1. The van der Waals surface area contributed by atoms with Crippen LogP contribution < -0.4 is 5.32 Å². The highest BCUT2D eigenvalue weighted by Gasteiger charge is 2.45. The van der Waals surface area contributed by atoms with Crippen molar-refractivity contribution in [2.45, 2.75) is 50.0 Å². The monoisotopic (exact) mass is 545 g/mol. The van der Waals surface area contributed by atoms with Gasteiger partial charge in [-0.15, -0.1) is 10.2 Å². The van der Waals surface area contributed by atoms with E-state index in [-0.39, 0.29) is 11.2 Å². The van der Waals surface area contributed by atoms with Crippen LogP contribution in [-0.4, -0.2) is 68.7 Å². The second-order valence-electron chi connectivity index (χ2n) is 9.65. The summed E-state index contributed by atoms with van der Waals surface area (Å²) in [6, 6.07) is 19.5. The molecule has 0 radical (unpaired) electrons. The van der Waals surface area contributed by atoms with Crippen molar-refractivity contribution in [3.63, 3.8) is 0 Å². The third-order valence-electron chi connectivity index (χ3n) is 7.33. The lowest BCUT2D eigenvalue weighted by molar-refractivity contribution is 0.00473. The molecule has 1 unspecified atom stereocenters. The smallest absolute Gasteiger partial charge is 0.226 e. The Labute approximate surface area is 229 Å². The van der Waals surface area contributed by atoms with Crippen LogP contribution in [0.2, 0.25) is 5.28 Å². The Bertz CT molecular complexity index is 1520. The van der Waals surface area contributed by atoms with E-state index in [0.29, 0.717) is 42.2 Å². The normalized spacial score (nSPS) is 21.2. The predicted octanol–water partition coefficient (Wildman–Crippen LogP) is 3.18. The average molecular weight is 546 g/mol. The van der Waals surface area contributed by atoms with Crippen molar-refractivity contribution in [3.8, 4) is 0 Å². The Morgan fingerprint density at radius 3 is 2.28 bits per heavy atom. The van der Waals surface area contributed by atoms with Gasteiger partial charge in [0.25, 0.3) is 0 Å². The molecule has 1 aliphatic rings. The van der Waals surface area contributed by atoms with Crippen molar-refractivity contribution >= 4 is 28.6 Å². The first-order valence-electron chi connectivity index (χ1n) is 12.9. The van der Waals surface area contributed by atoms with E-state index >= 15 is 0 Å². The molecule has 12 heteroatoms. The fraction of sp³-hybridized carbons (Fsp3) is 0.333. The first-order chi connectivity index (χ1) is 19.0. The molecule has 1 aliphatic carbocycles. The number of hydrogen-bond acceptors (Lipinski definition) is 9. The Balaban J connectivity index is 1.30. The van der Waals surface area contributed by atoms with Gasteiger partial charge in [0.15, 0.2) is 22.8 Å². The second-order valence-corrected chi connectivity index (χ2v) is 9.99. The third-order valence-corrected chi connectivity index (χ3v) is 7.50. The zero-order valence-corrected chi connectivity index (χ0v) is 22.0. The van der Waals surface area contributed by atoms with Gasteiger partial charge in [-0.2, -0.15) is 14.8 Å². The number of aliphatic hydroxyl groups excluding tert-OH is 2. The summed E-state index contributed by atoms with van der Waals surface area (Å²) in [5.74, 6) is 1.14. The minimum Gasteiger partial charge on any atom is -0.388 e. The molecule has 6 rings (SSSR count). The van der Waals surface area contributed by atoms with Crippen LogP contribution in [0.25, 0.3) is 11.2 Å². The maximum Gasteiger partial charge on any atom is 0.226 e. The number of aryl methyl sites for hydroxylation is 1. The van der Waals surface area contributed by atoms with Crippen LogP contribution in [0.4, 0.5) is 5.82 Å². The summed E-state index contributed by atoms with van der Waals surface area (Å²) >= 11 is 6.37. The van der Waals surface area contributed by atoms with E-state index in [9.17, 15) is 10.2 Å². The van der Waals surface area contributed by atoms with Crippen molar-refractivity contribution < 1.29 is 10.2 Å². The van der Waals surface area contributed by atoms with E-state index < -0.39 is 24.3 Å². The fourth-order valence-electron chi connectivity index (χ4n) is 5.28. The van der Waals surface area contributed by atoms with Gasteiger partial charge in [0.05, 0.1) is 12.4 Å². The maximum absolute atomic E-state index is 11.0. The van der Waals surface area contributed by atoms with Crippen LogP contribution in [0, 0.1) is 0 Å². The number of aliphatic hydroxyl groups is 2. The van der Waals surface area contributed by atoms with Crippen molar-refractivity contribution in [2.24, 2.45) is 0 Å². The van der Waals surface area contributed by atoms with Gasteiger partial charge in [-0.05, 0) is 34.4 Å². The van der Waals surface area contributed by atoms with Crippen molar-refractivity contribution in [1.82, 2.24) is 39.7 Å². The summed E-state index contributed by atoms with van der Waals surface area (Å²) in [5.41, 5.74) is 3.32. The summed E-state index contributed by atoms with van der Waals surface area (Å²) in [7, 11) is 0. The molecule has 0 bridgehead atoms. The van der Waals surface area contributed by atoms with E-state index in [2.05, 4.69) is 59.9 Å². The minimum absolute atomic E-state index is 0.0536. The van der Waals surface area contributed by atoms with Crippen LogP contribution >= 0.6 is 11.6 Å². The molecule has 1 fully saturated rings. The van der Waals surface area contributed by atoms with Gasteiger partial charge in [0.1, 0.15) is 18.2 Å². The molecule has 200 valence electrons. The van der Waals surface area contributed by atoms with Crippen molar-refractivity contribution in [2.75, 3.05) is 11.9 Å². The molecule has 11 nitrogen and oxygen atoms in total. The van der Waals surface area contributed by atoms with Gasteiger partial charge in [0, 0.05) is 18.9 Å². The molecule has 39 heavy (non-hydrogen) atoms. The predicted molar refractivity (Wildman–Crippen MR) is 145 cm³/mol. The minimum atomic E-state index is -1.09.